The standard InChI is InChI=1S/C27H25ClN4O2S/c1-16-13-21(17(2)31(16)19-7-6-8-20(15-19)34-3)26-25(22-9-4-5-12-29-22)30-27(35)32(26)23-14-18(28)10-11-24(23)33/h4-15,25-26,33H,1-3H3,(H,30,35). The SMILES string of the molecule is COc1cccc(-n2c(C)cc(C3C(c4ccccn4)NC(=S)N3c3cc(Cl)ccc3O)c2C)c1. The summed E-state index contributed by atoms with van der Waals surface area (Å²) in [6, 6.07) is 20.5. The topological polar surface area (TPSA) is 62.5 Å². The molecule has 0 amide bonds. The Morgan fingerprint density at radius 2 is 1.89 bits per heavy atom. The number of aromatic hydroxyl groups is 1. The minimum Gasteiger partial charge on any atom is -0.506 e. The summed E-state index contributed by atoms with van der Waals surface area (Å²) in [5, 5.41) is 15.2. The van der Waals surface area contributed by atoms with Gasteiger partial charge >= 0.3 is 0 Å². The van der Waals surface area contributed by atoms with Crippen LogP contribution in [0.3, 0.4) is 0 Å². The molecule has 1 saturated heterocycles. The van der Waals surface area contributed by atoms with E-state index in [9.17, 15) is 5.11 Å². The first-order valence-electron chi connectivity index (χ1n) is 11.2. The molecule has 0 spiro atoms. The van der Waals surface area contributed by atoms with Gasteiger partial charge in [-0.25, -0.2) is 0 Å². The van der Waals surface area contributed by atoms with E-state index in [1.807, 2.05) is 41.3 Å². The minimum atomic E-state index is -0.271. The second kappa shape index (κ2) is 9.24. The number of ether oxygens (including phenoxy) is 1. The summed E-state index contributed by atoms with van der Waals surface area (Å²) in [5.41, 5.74) is 5.59. The predicted molar refractivity (Wildman–Crippen MR) is 143 cm³/mol. The summed E-state index contributed by atoms with van der Waals surface area (Å²) in [5.74, 6) is 0.893. The number of nitrogens with zero attached hydrogens (tertiary/aromatic N) is 3. The third-order valence-corrected chi connectivity index (χ3v) is 6.95. The highest BCUT2D eigenvalue weighted by molar-refractivity contribution is 7.80. The molecule has 0 radical (unpaired) electrons. The number of thiocarbonyl (C=S) groups is 1. The predicted octanol–water partition coefficient (Wildman–Crippen LogP) is 6.03. The molecule has 1 aliphatic heterocycles. The zero-order valence-electron chi connectivity index (χ0n) is 19.6. The molecule has 0 saturated carbocycles. The van der Waals surface area contributed by atoms with Gasteiger partial charge in [-0.3, -0.25) is 4.98 Å². The molecule has 1 fully saturated rings. The van der Waals surface area contributed by atoms with E-state index in [0.717, 1.165) is 34.1 Å². The molecule has 35 heavy (non-hydrogen) atoms. The van der Waals surface area contributed by atoms with Gasteiger partial charge in [0, 0.05) is 34.4 Å². The van der Waals surface area contributed by atoms with Gasteiger partial charge in [-0.05, 0) is 80.2 Å². The summed E-state index contributed by atoms with van der Waals surface area (Å²) in [6.45, 7) is 4.17. The molecule has 8 heteroatoms. The molecule has 2 unspecified atom stereocenters. The van der Waals surface area contributed by atoms with E-state index >= 15 is 0 Å². The molecule has 2 aromatic heterocycles. The summed E-state index contributed by atoms with van der Waals surface area (Å²) < 4.78 is 7.65. The van der Waals surface area contributed by atoms with E-state index < -0.39 is 0 Å². The number of methoxy groups -OCH3 is 1. The van der Waals surface area contributed by atoms with Crippen LogP contribution in [-0.2, 0) is 0 Å². The molecular weight excluding hydrogens is 480 g/mol. The van der Waals surface area contributed by atoms with Crippen molar-refractivity contribution in [2.75, 3.05) is 12.0 Å². The Balaban J connectivity index is 1.70. The Labute approximate surface area is 214 Å². The third kappa shape index (κ3) is 4.11. The van der Waals surface area contributed by atoms with Gasteiger partial charge < -0.3 is 24.6 Å². The average Bonchev–Trinajstić information content (AvgIpc) is 3.36. The highest BCUT2D eigenvalue weighted by atomic mass is 35.5. The largest absolute Gasteiger partial charge is 0.506 e. The molecule has 6 nitrogen and oxygen atoms in total. The quantitative estimate of drug-likeness (QED) is 0.323. The van der Waals surface area contributed by atoms with Gasteiger partial charge in [0.2, 0.25) is 0 Å². The van der Waals surface area contributed by atoms with Crippen LogP contribution in [0, 0.1) is 13.8 Å². The van der Waals surface area contributed by atoms with Crippen molar-refractivity contribution in [2.45, 2.75) is 25.9 Å². The van der Waals surface area contributed by atoms with Crippen molar-refractivity contribution in [1.29, 1.82) is 0 Å². The molecule has 2 aromatic carbocycles. The highest BCUT2D eigenvalue weighted by Crippen LogP contribution is 2.46. The first kappa shape index (κ1) is 23.2. The lowest BCUT2D eigenvalue weighted by molar-refractivity contribution is 0.414. The van der Waals surface area contributed by atoms with E-state index in [-0.39, 0.29) is 17.8 Å². The molecule has 3 heterocycles. The lowest BCUT2D eigenvalue weighted by Crippen LogP contribution is -2.29. The Bertz CT molecular complexity index is 1410. The lowest BCUT2D eigenvalue weighted by Gasteiger charge is -2.28. The van der Waals surface area contributed by atoms with E-state index in [1.54, 1.807) is 31.5 Å². The summed E-state index contributed by atoms with van der Waals surface area (Å²) in [7, 11) is 1.66. The second-order valence-electron chi connectivity index (χ2n) is 8.49. The van der Waals surface area contributed by atoms with Crippen molar-refractivity contribution >= 4 is 34.6 Å². The molecule has 2 atom stereocenters. The van der Waals surface area contributed by atoms with Gasteiger partial charge in [-0.1, -0.05) is 23.7 Å². The van der Waals surface area contributed by atoms with Crippen LogP contribution in [0.1, 0.15) is 34.7 Å². The number of hydrogen-bond donors (Lipinski definition) is 2. The number of aromatic nitrogens is 2. The van der Waals surface area contributed by atoms with E-state index in [4.69, 9.17) is 28.6 Å². The van der Waals surface area contributed by atoms with Gasteiger partial charge in [0.1, 0.15) is 11.5 Å². The third-order valence-electron chi connectivity index (χ3n) is 6.40. The molecule has 2 N–H and O–H groups in total. The number of halogens is 1. The average molecular weight is 505 g/mol. The van der Waals surface area contributed by atoms with Crippen LogP contribution in [0.2, 0.25) is 5.02 Å². The van der Waals surface area contributed by atoms with Crippen molar-refractivity contribution < 1.29 is 9.84 Å². The summed E-state index contributed by atoms with van der Waals surface area (Å²) >= 11 is 12.1. The highest BCUT2D eigenvalue weighted by Gasteiger charge is 2.43. The number of hydrogen-bond acceptors (Lipinski definition) is 4. The Morgan fingerprint density at radius 3 is 2.63 bits per heavy atom. The zero-order valence-corrected chi connectivity index (χ0v) is 21.1. The van der Waals surface area contributed by atoms with Gasteiger partial charge in [0.25, 0.3) is 0 Å². The van der Waals surface area contributed by atoms with Crippen molar-refractivity contribution in [3.8, 4) is 17.2 Å². The van der Waals surface area contributed by atoms with Gasteiger partial charge in [-0.15, -0.1) is 0 Å². The first-order chi connectivity index (χ1) is 16.9. The number of nitrogens with one attached hydrogen (secondary N) is 1. The fraction of sp³-hybridized carbons (Fsp3) is 0.185. The van der Waals surface area contributed by atoms with Crippen LogP contribution < -0.4 is 15.0 Å². The van der Waals surface area contributed by atoms with Crippen LogP contribution in [0.25, 0.3) is 5.69 Å². The number of benzene rings is 2. The number of phenolic OH excluding ortho intramolecular Hbond substituents is 1. The van der Waals surface area contributed by atoms with Crippen molar-refractivity contribution in [2.24, 2.45) is 0 Å². The maximum Gasteiger partial charge on any atom is 0.174 e. The Hall–Kier alpha value is -3.55. The molecular formula is C27H25ClN4O2S. The fourth-order valence-electron chi connectivity index (χ4n) is 4.85. The smallest absolute Gasteiger partial charge is 0.174 e. The van der Waals surface area contributed by atoms with Crippen molar-refractivity contribution in [3.63, 3.8) is 0 Å². The summed E-state index contributed by atoms with van der Waals surface area (Å²) in [4.78, 5) is 6.56. The fourth-order valence-corrected chi connectivity index (χ4v) is 5.36. The van der Waals surface area contributed by atoms with Crippen LogP contribution in [0.15, 0.2) is 72.9 Å². The molecule has 0 bridgehead atoms. The van der Waals surface area contributed by atoms with Crippen LogP contribution in [-0.4, -0.2) is 26.9 Å². The normalized spacial score (nSPS) is 17.5. The lowest BCUT2D eigenvalue weighted by atomic mass is 9.96. The van der Waals surface area contributed by atoms with Crippen LogP contribution in [0.4, 0.5) is 5.69 Å². The molecule has 178 valence electrons. The van der Waals surface area contributed by atoms with E-state index in [1.165, 1.54) is 0 Å². The molecule has 1 aliphatic rings. The Kier molecular flexibility index (Phi) is 6.13. The van der Waals surface area contributed by atoms with Gasteiger partial charge in [0.15, 0.2) is 5.11 Å². The van der Waals surface area contributed by atoms with Crippen LogP contribution in [0.5, 0.6) is 11.5 Å². The van der Waals surface area contributed by atoms with Crippen LogP contribution >= 0.6 is 23.8 Å². The second-order valence-corrected chi connectivity index (χ2v) is 9.32. The monoisotopic (exact) mass is 504 g/mol. The number of phenols is 1. The minimum absolute atomic E-state index is 0.104. The van der Waals surface area contributed by atoms with E-state index in [2.05, 4.69) is 40.8 Å². The van der Waals surface area contributed by atoms with E-state index in [0.29, 0.717) is 15.8 Å². The number of aryl methyl sites for hydroxylation is 1. The maximum absolute atomic E-state index is 10.8. The summed E-state index contributed by atoms with van der Waals surface area (Å²) in [6.07, 6.45) is 1.77. The number of rotatable bonds is 5. The number of anilines is 1. The molecule has 4 aromatic rings. The first-order valence-corrected chi connectivity index (χ1v) is 12.0. The number of pyridine rings is 1. The molecule has 0 aliphatic carbocycles. The van der Waals surface area contributed by atoms with Gasteiger partial charge in [-0.2, -0.15) is 0 Å². The van der Waals surface area contributed by atoms with Crippen molar-refractivity contribution in [1.82, 2.24) is 14.9 Å². The Morgan fingerprint density at radius 1 is 1.06 bits per heavy atom. The zero-order chi connectivity index (χ0) is 24.7. The van der Waals surface area contributed by atoms with Crippen molar-refractivity contribution in [3.05, 3.63) is 101 Å². The molecule has 5 rings (SSSR count). The maximum atomic E-state index is 10.8. The van der Waals surface area contributed by atoms with Gasteiger partial charge in [0.05, 0.1) is 30.6 Å².